The molecule has 0 aromatic carbocycles. The molecule has 0 aliphatic carbocycles. The van der Waals surface area contributed by atoms with E-state index in [1.165, 1.54) is 0 Å². The molecule has 12 heavy (non-hydrogen) atoms. The van der Waals surface area contributed by atoms with Gasteiger partial charge < -0.3 is 0 Å². The van der Waals surface area contributed by atoms with Crippen molar-refractivity contribution in [2.75, 3.05) is 0 Å². The number of nitriles is 1. The first-order valence-electron chi connectivity index (χ1n) is 3.00. The van der Waals surface area contributed by atoms with Gasteiger partial charge in [-0.15, -0.1) is 0 Å². The Morgan fingerprint density at radius 1 is 1.50 bits per heavy atom. The Balaban J connectivity index is 3.23. The largest absolute Gasteiger partial charge is 0.225 e. The zero-order chi connectivity index (χ0) is 9.14. The number of rotatable bonds is 1. The van der Waals surface area contributed by atoms with Gasteiger partial charge in [0.25, 0.3) is 0 Å². The van der Waals surface area contributed by atoms with Crippen LogP contribution in [0, 0.1) is 11.3 Å². The van der Waals surface area contributed by atoms with Crippen LogP contribution >= 0.6 is 43.5 Å². The quantitative estimate of drug-likeness (QED) is 0.589. The summed E-state index contributed by atoms with van der Waals surface area (Å²) < 4.78 is -0.0654. The van der Waals surface area contributed by atoms with E-state index >= 15 is 0 Å². The van der Waals surface area contributed by atoms with E-state index in [2.05, 4.69) is 36.8 Å². The number of aromatic nitrogens is 1. The van der Waals surface area contributed by atoms with Crippen molar-refractivity contribution in [3.8, 4) is 6.07 Å². The van der Waals surface area contributed by atoms with Crippen molar-refractivity contribution >= 4 is 43.5 Å². The molecule has 1 heterocycles. The summed E-state index contributed by atoms with van der Waals surface area (Å²) in [4.78, 5) is 3.86. The van der Waals surface area contributed by atoms with E-state index in [0.717, 1.165) is 5.56 Å². The first-order valence-corrected chi connectivity index (χ1v) is 5.20. The molecule has 0 saturated heterocycles. The van der Waals surface area contributed by atoms with Crippen LogP contribution in [-0.2, 0) is 0 Å². The van der Waals surface area contributed by atoms with Crippen LogP contribution < -0.4 is 0 Å². The van der Waals surface area contributed by atoms with Crippen LogP contribution in [0.1, 0.15) is 15.0 Å². The number of alkyl halides is 2. The van der Waals surface area contributed by atoms with Crippen LogP contribution in [0.5, 0.6) is 0 Å². The maximum Gasteiger partial charge on any atom is 0.147 e. The minimum Gasteiger partial charge on any atom is -0.225 e. The van der Waals surface area contributed by atoms with Crippen molar-refractivity contribution in [3.63, 3.8) is 0 Å². The van der Waals surface area contributed by atoms with Gasteiger partial charge in [0.05, 0.1) is 3.74 Å². The molecule has 0 amide bonds. The van der Waals surface area contributed by atoms with Gasteiger partial charge in [-0.2, -0.15) is 5.26 Å². The standard InChI is InChI=1S/C7H3Br2ClN2/c8-7(9)4-1-2-6(10)12-5(4)3-11/h1-2,7H. The highest BCUT2D eigenvalue weighted by Crippen LogP contribution is 2.31. The van der Waals surface area contributed by atoms with E-state index in [0.29, 0.717) is 10.8 Å². The summed E-state index contributed by atoms with van der Waals surface area (Å²) in [6, 6.07) is 5.36. The first-order chi connectivity index (χ1) is 5.65. The van der Waals surface area contributed by atoms with Crippen molar-refractivity contribution in [3.05, 3.63) is 28.5 Å². The fourth-order valence-electron chi connectivity index (χ4n) is 0.712. The normalized spacial score (nSPS) is 9.92. The fraction of sp³-hybridized carbons (Fsp3) is 0.143. The van der Waals surface area contributed by atoms with E-state index < -0.39 is 0 Å². The van der Waals surface area contributed by atoms with Gasteiger partial charge in [0.2, 0.25) is 0 Å². The molecule has 0 unspecified atom stereocenters. The van der Waals surface area contributed by atoms with Crippen molar-refractivity contribution in [1.29, 1.82) is 5.26 Å². The summed E-state index contributed by atoms with van der Waals surface area (Å²) in [5.41, 5.74) is 1.11. The third kappa shape index (κ3) is 2.19. The maximum absolute atomic E-state index is 8.68. The molecule has 1 rings (SSSR count). The van der Waals surface area contributed by atoms with E-state index in [4.69, 9.17) is 16.9 Å². The van der Waals surface area contributed by atoms with E-state index in [9.17, 15) is 0 Å². The molecule has 5 heteroatoms. The Kier molecular flexibility index (Phi) is 3.51. The second-order valence-electron chi connectivity index (χ2n) is 1.98. The monoisotopic (exact) mass is 308 g/mol. The van der Waals surface area contributed by atoms with Gasteiger partial charge in [-0.05, 0) is 6.07 Å². The molecule has 0 bridgehead atoms. The van der Waals surface area contributed by atoms with Gasteiger partial charge in [-0.25, -0.2) is 4.98 Å². The molecule has 1 aromatic heterocycles. The molecule has 0 N–H and O–H groups in total. The number of hydrogen-bond donors (Lipinski definition) is 0. The van der Waals surface area contributed by atoms with Gasteiger partial charge in [-0.3, -0.25) is 0 Å². The summed E-state index contributed by atoms with van der Waals surface area (Å²) in [5, 5.41) is 9.01. The predicted octanol–water partition coefficient (Wildman–Crippen LogP) is 3.40. The average Bonchev–Trinajstić information content (AvgIpc) is 2.03. The Morgan fingerprint density at radius 2 is 2.17 bits per heavy atom. The minimum atomic E-state index is -0.0654. The SMILES string of the molecule is N#Cc1nc(Cl)ccc1C(Br)Br. The lowest BCUT2D eigenvalue weighted by Gasteiger charge is -2.02. The molecule has 0 aliphatic heterocycles. The van der Waals surface area contributed by atoms with Gasteiger partial charge >= 0.3 is 0 Å². The van der Waals surface area contributed by atoms with E-state index in [1.807, 2.05) is 6.07 Å². The van der Waals surface area contributed by atoms with Crippen LogP contribution in [-0.4, -0.2) is 4.98 Å². The lowest BCUT2D eigenvalue weighted by molar-refractivity contribution is 1.20. The maximum atomic E-state index is 8.68. The Labute approximate surface area is 91.8 Å². The summed E-state index contributed by atoms with van der Waals surface area (Å²) in [7, 11) is 0. The lowest BCUT2D eigenvalue weighted by atomic mass is 10.2. The Morgan fingerprint density at radius 3 is 2.67 bits per heavy atom. The molecule has 62 valence electrons. The summed E-state index contributed by atoms with van der Waals surface area (Å²) in [6.45, 7) is 0. The summed E-state index contributed by atoms with van der Waals surface area (Å²) in [6.07, 6.45) is 0. The number of nitrogens with zero attached hydrogens (tertiary/aromatic N) is 2. The van der Waals surface area contributed by atoms with E-state index in [-0.39, 0.29) is 3.74 Å². The second kappa shape index (κ2) is 4.22. The van der Waals surface area contributed by atoms with Crippen molar-refractivity contribution in [2.24, 2.45) is 0 Å². The fourth-order valence-corrected chi connectivity index (χ4v) is 1.60. The average molecular weight is 310 g/mol. The van der Waals surface area contributed by atoms with Crippen molar-refractivity contribution in [1.82, 2.24) is 4.98 Å². The molecular weight excluding hydrogens is 307 g/mol. The Hall–Kier alpha value is -0.110. The highest BCUT2D eigenvalue weighted by atomic mass is 79.9. The second-order valence-corrected chi connectivity index (χ2v) is 5.43. The number of halogens is 3. The van der Waals surface area contributed by atoms with Gasteiger partial charge in [0, 0.05) is 5.56 Å². The van der Waals surface area contributed by atoms with Gasteiger partial charge in [-0.1, -0.05) is 49.5 Å². The van der Waals surface area contributed by atoms with Crippen molar-refractivity contribution < 1.29 is 0 Å². The van der Waals surface area contributed by atoms with Crippen LogP contribution in [0.15, 0.2) is 12.1 Å². The molecule has 0 aliphatic rings. The van der Waals surface area contributed by atoms with Crippen LogP contribution in [0.25, 0.3) is 0 Å². The third-order valence-electron chi connectivity index (χ3n) is 1.23. The smallest absolute Gasteiger partial charge is 0.147 e. The molecule has 0 saturated carbocycles. The topological polar surface area (TPSA) is 36.7 Å². The Bertz CT molecular complexity index is 333. The van der Waals surface area contributed by atoms with Crippen LogP contribution in [0.2, 0.25) is 5.15 Å². The molecule has 2 nitrogen and oxygen atoms in total. The van der Waals surface area contributed by atoms with Crippen LogP contribution in [0.4, 0.5) is 0 Å². The number of hydrogen-bond acceptors (Lipinski definition) is 2. The highest BCUT2D eigenvalue weighted by molar-refractivity contribution is 9.24. The van der Waals surface area contributed by atoms with Crippen molar-refractivity contribution in [2.45, 2.75) is 3.74 Å². The molecule has 0 fully saturated rings. The third-order valence-corrected chi connectivity index (χ3v) is 2.43. The molecule has 0 spiro atoms. The first kappa shape index (κ1) is 9.97. The zero-order valence-corrected chi connectivity index (χ0v) is 9.69. The van der Waals surface area contributed by atoms with Gasteiger partial charge in [0.15, 0.2) is 0 Å². The predicted molar refractivity (Wildman–Crippen MR) is 54.6 cm³/mol. The number of pyridine rings is 1. The van der Waals surface area contributed by atoms with E-state index in [1.54, 1.807) is 12.1 Å². The summed E-state index contributed by atoms with van der Waals surface area (Å²) in [5.74, 6) is 0. The summed E-state index contributed by atoms with van der Waals surface area (Å²) >= 11 is 12.2. The molecule has 1 aromatic rings. The van der Waals surface area contributed by atoms with Crippen LogP contribution in [0.3, 0.4) is 0 Å². The molecular formula is C7H3Br2ClN2. The zero-order valence-electron chi connectivity index (χ0n) is 5.76. The molecule has 0 atom stereocenters. The lowest BCUT2D eigenvalue weighted by Crippen LogP contribution is -1.91. The molecule has 0 radical (unpaired) electrons. The highest BCUT2D eigenvalue weighted by Gasteiger charge is 2.09. The van der Waals surface area contributed by atoms with Gasteiger partial charge in [0.1, 0.15) is 16.9 Å². The minimum absolute atomic E-state index is 0.0654.